The third-order valence-electron chi connectivity index (χ3n) is 4.12. The zero-order chi connectivity index (χ0) is 15.0. The number of methoxy groups -OCH3 is 1. The van der Waals surface area contributed by atoms with Crippen molar-refractivity contribution in [1.29, 1.82) is 0 Å². The predicted molar refractivity (Wildman–Crippen MR) is 88.4 cm³/mol. The van der Waals surface area contributed by atoms with Gasteiger partial charge in [0, 0.05) is 23.4 Å². The molecule has 1 N–H and O–H groups in total. The van der Waals surface area contributed by atoms with Gasteiger partial charge < -0.3 is 14.3 Å². The van der Waals surface area contributed by atoms with Crippen LogP contribution in [0.4, 0.5) is 4.39 Å². The molecule has 1 heterocycles. The Bertz CT molecular complexity index is 709. The minimum absolute atomic E-state index is 0.267. The first-order valence-corrected chi connectivity index (χ1v) is 8.70. The lowest BCUT2D eigenvalue weighted by molar-refractivity contribution is 0.387. The molecule has 2 aromatic rings. The largest absolute Gasteiger partial charge is 0.494 e. The first-order chi connectivity index (χ1) is 10.2. The van der Waals surface area contributed by atoms with Crippen LogP contribution in [0.15, 0.2) is 12.1 Å². The van der Waals surface area contributed by atoms with Crippen LogP contribution in [0.5, 0.6) is 5.75 Å². The van der Waals surface area contributed by atoms with Gasteiger partial charge in [0.2, 0.25) is 0 Å². The number of benzene rings is 1. The molecule has 3 rings (SSSR count). The van der Waals surface area contributed by atoms with Crippen LogP contribution in [-0.4, -0.2) is 27.7 Å². The van der Waals surface area contributed by atoms with Crippen molar-refractivity contribution in [3.8, 4) is 5.75 Å². The molecule has 1 aliphatic carbocycles. The second-order valence-corrected chi connectivity index (χ2v) is 7.20. The summed E-state index contributed by atoms with van der Waals surface area (Å²) < 4.78 is 21.8. The number of nitrogens with one attached hydrogen (secondary N) is 1. The topological polar surface area (TPSA) is 29.9 Å². The van der Waals surface area contributed by atoms with E-state index >= 15 is 0 Å². The third-order valence-corrected chi connectivity index (χ3v) is 5.73. The van der Waals surface area contributed by atoms with E-state index in [0.29, 0.717) is 16.1 Å². The molecule has 0 amide bonds. The number of hydrogen-bond acceptors (Lipinski definition) is 3. The van der Waals surface area contributed by atoms with Crippen molar-refractivity contribution in [1.82, 2.24) is 9.55 Å². The van der Waals surface area contributed by atoms with Crippen molar-refractivity contribution in [2.75, 3.05) is 12.9 Å². The summed E-state index contributed by atoms with van der Waals surface area (Å²) in [6.45, 7) is 2.19. The number of nitrogens with zero attached hydrogens (tertiary/aromatic N) is 1. The standard InChI is InChI=1S/C15H19FN2OS2/c1-3-21-14-6-4-5-11(14)18-12-8-13(19-2)9(16)7-10(12)17-15(18)20/h7-8,11,14H,3-6H2,1-2H3,(H,17,20). The van der Waals surface area contributed by atoms with Gasteiger partial charge in [-0.3, -0.25) is 0 Å². The number of halogens is 1. The van der Waals surface area contributed by atoms with Crippen LogP contribution in [0.25, 0.3) is 11.0 Å². The molecule has 6 heteroatoms. The highest BCUT2D eigenvalue weighted by Gasteiger charge is 2.30. The van der Waals surface area contributed by atoms with Crippen molar-refractivity contribution in [2.45, 2.75) is 37.5 Å². The van der Waals surface area contributed by atoms with Crippen molar-refractivity contribution >= 4 is 35.0 Å². The van der Waals surface area contributed by atoms with Crippen molar-refractivity contribution < 1.29 is 9.13 Å². The number of ether oxygens (including phenoxy) is 1. The van der Waals surface area contributed by atoms with Crippen LogP contribution >= 0.6 is 24.0 Å². The van der Waals surface area contributed by atoms with Crippen LogP contribution in [-0.2, 0) is 0 Å². The van der Waals surface area contributed by atoms with Gasteiger partial charge in [-0.05, 0) is 30.8 Å². The zero-order valence-electron chi connectivity index (χ0n) is 12.2. The molecule has 3 nitrogen and oxygen atoms in total. The molecule has 1 fully saturated rings. The minimum atomic E-state index is -0.362. The number of rotatable bonds is 4. The van der Waals surface area contributed by atoms with Gasteiger partial charge in [0.15, 0.2) is 16.3 Å². The molecule has 1 aromatic heterocycles. The Hall–Kier alpha value is -1.01. The summed E-state index contributed by atoms with van der Waals surface area (Å²) in [4.78, 5) is 3.13. The van der Waals surface area contributed by atoms with Crippen LogP contribution in [0.3, 0.4) is 0 Å². The van der Waals surface area contributed by atoms with E-state index in [1.807, 2.05) is 11.8 Å². The van der Waals surface area contributed by atoms with Gasteiger partial charge in [0.1, 0.15) is 0 Å². The van der Waals surface area contributed by atoms with Gasteiger partial charge in [-0.15, -0.1) is 0 Å². The van der Waals surface area contributed by atoms with E-state index < -0.39 is 0 Å². The summed E-state index contributed by atoms with van der Waals surface area (Å²) in [6.07, 6.45) is 3.56. The molecule has 21 heavy (non-hydrogen) atoms. The second-order valence-electron chi connectivity index (χ2n) is 5.30. The molecule has 114 valence electrons. The number of H-pyrrole nitrogens is 1. The molecule has 0 saturated heterocycles. The van der Waals surface area contributed by atoms with Crippen molar-refractivity contribution in [3.63, 3.8) is 0 Å². The van der Waals surface area contributed by atoms with Gasteiger partial charge in [-0.1, -0.05) is 13.3 Å². The molecule has 0 radical (unpaired) electrons. The Morgan fingerprint density at radius 3 is 3.00 bits per heavy atom. The first-order valence-electron chi connectivity index (χ1n) is 7.25. The van der Waals surface area contributed by atoms with Crippen molar-refractivity contribution in [3.05, 3.63) is 22.7 Å². The van der Waals surface area contributed by atoms with E-state index in [0.717, 1.165) is 23.2 Å². The molecule has 1 aliphatic rings. The number of imidazole rings is 1. The monoisotopic (exact) mass is 326 g/mol. The smallest absolute Gasteiger partial charge is 0.178 e. The van der Waals surface area contributed by atoms with E-state index in [1.54, 1.807) is 6.07 Å². The maximum absolute atomic E-state index is 13.8. The number of thioether (sulfide) groups is 1. The number of fused-ring (bicyclic) bond motifs is 1. The van der Waals surface area contributed by atoms with E-state index in [1.165, 1.54) is 26.0 Å². The summed E-state index contributed by atoms with van der Waals surface area (Å²) in [7, 11) is 1.49. The third kappa shape index (κ3) is 2.59. The number of aromatic nitrogens is 2. The van der Waals surface area contributed by atoms with Gasteiger partial charge in [-0.25, -0.2) is 4.39 Å². The Kier molecular flexibility index (Phi) is 4.26. The average molecular weight is 326 g/mol. The lowest BCUT2D eigenvalue weighted by Gasteiger charge is -2.21. The highest BCUT2D eigenvalue weighted by atomic mass is 32.2. The van der Waals surface area contributed by atoms with E-state index in [4.69, 9.17) is 17.0 Å². The molecule has 0 spiro atoms. The number of aromatic amines is 1. The van der Waals surface area contributed by atoms with Crippen molar-refractivity contribution in [2.24, 2.45) is 0 Å². The summed E-state index contributed by atoms with van der Waals surface area (Å²) in [5, 5.41) is 0.580. The van der Waals surface area contributed by atoms with Gasteiger partial charge in [0.05, 0.1) is 18.1 Å². The van der Waals surface area contributed by atoms with Crippen LogP contribution < -0.4 is 4.74 Å². The summed E-state index contributed by atoms with van der Waals surface area (Å²) >= 11 is 7.47. The van der Waals surface area contributed by atoms with Crippen LogP contribution in [0, 0.1) is 10.6 Å². The molecule has 0 bridgehead atoms. The highest BCUT2D eigenvalue weighted by molar-refractivity contribution is 7.99. The Morgan fingerprint density at radius 1 is 1.48 bits per heavy atom. The van der Waals surface area contributed by atoms with Gasteiger partial charge in [0.25, 0.3) is 0 Å². The molecule has 2 atom stereocenters. The predicted octanol–water partition coefficient (Wildman–Crippen LogP) is 4.69. The average Bonchev–Trinajstić information content (AvgIpc) is 3.01. The maximum atomic E-state index is 13.8. The number of hydrogen-bond donors (Lipinski definition) is 1. The fourth-order valence-electron chi connectivity index (χ4n) is 3.22. The summed E-state index contributed by atoms with van der Waals surface area (Å²) in [5.74, 6) is 1.01. The van der Waals surface area contributed by atoms with E-state index in [9.17, 15) is 4.39 Å². The highest BCUT2D eigenvalue weighted by Crippen LogP contribution is 2.40. The fraction of sp³-hybridized carbons (Fsp3) is 0.533. The lowest BCUT2D eigenvalue weighted by atomic mass is 10.2. The maximum Gasteiger partial charge on any atom is 0.178 e. The molecule has 2 unspecified atom stereocenters. The second kappa shape index (κ2) is 6.01. The first kappa shape index (κ1) is 14.9. The van der Waals surface area contributed by atoms with E-state index in [-0.39, 0.29) is 11.6 Å². The van der Waals surface area contributed by atoms with Gasteiger partial charge >= 0.3 is 0 Å². The molecule has 1 aromatic carbocycles. The molecule has 1 saturated carbocycles. The Balaban J connectivity index is 2.13. The summed E-state index contributed by atoms with van der Waals surface area (Å²) in [5.41, 5.74) is 1.68. The lowest BCUT2D eigenvalue weighted by Crippen LogP contribution is -2.16. The Morgan fingerprint density at radius 2 is 2.29 bits per heavy atom. The normalized spacial score (nSPS) is 22.0. The molecular weight excluding hydrogens is 307 g/mol. The minimum Gasteiger partial charge on any atom is -0.494 e. The Labute approximate surface area is 132 Å². The zero-order valence-corrected chi connectivity index (χ0v) is 13.8. The van der Waals surface area contributed by atoms with Gasteiger partial charge in [-0.2, -0.15) is 11.8 Å². The van der Waals surface area contributed by atoms with Crippen LogP contribution in [0.1, 0.15) is 32.2 Å². The summed E-state index contributed by atoms with van der Waals surface area (Å²) in [6, 6.07) is 3.60. The molecular formula is C15H19FN2OS2. The quantitative estimate of drug-likeness (QED) is 0.827. The van der Waals surface area contributed by atoms with Crippen LogP contribution in [0.2, 0.25) is 0 Å². The molecule has 0 aliphatic heterocycles. The van der Waals surface area contributed by atoms with E-state index in [2.05, 4.69) is 16.5 Å². The fourth-order valence-corrected chi connectivity index (χ4v) is 4.81. The SMILES string of the molecule is CCSC1CCCC1n1c(=S)[nH]c2cc(F)c(OC)cc21.